The Morgan fingerprint density at radius 2 is 1.33 bits per heavy atom. The van der Waals surface area contributed by atoms with Crippen LogP contribution in [0.4, 0.5) is 0 Å². The van der Waals surface area contributed by atoms with Crippen LogP contribution in [0.2, 0.25) is 0 Å². The van der Waals surface area contributed by atoms with Crippen LogP contribution in [-0.4, -0.2) is 0 Å². The third-order valence-corrected chi connectivity index (χ3v) is 5.49. The van der Waals surface area contributed by atoms with Crippen LogP contribution < -0.4 is 5.30 Å². The van der Waals surface area contributed by atoms with Gasteiger partial charge < -0.3 is 0 Å². The first-order valence-corrected chi connectivity index (χ1v) is 10.6. The smallest absolute Gasteiger partial charge is 0.0617 e. The Bertz CT molecular complexity index is 306. The maximum Gasteiger partial charge on any atom is 0.0660 e. The van der Waals surface area contributed by atoms with Crippen molar-refractivity contribution >= 4 is 41.6 Å². The number of halogens is 2. The van der Waals surface area contributed by atoms with E-state index in [1.165, 1.54) is 16.4 Å². The molecule has 0 heterocycles. The Labute approximate surface area is 110 Å². The van der Waals surface area contributed by atoms with Crippen molar-refractivity contribution in [1.29, 1.82) is 0 Å². The van der Waals surface area contributed by atoms with Gasteiger partial charge in [0.1, 0.15) is 0 Å². The molecule has 3 heteroatoms. The van der Waals surface area contributed by atoms with Gasteiger partial charge in [-0.05, 0) is 53.9 Å². The molecule has 0 radical (unpaired) electrons. The van der Waals surface area contributed by atoms with Gasteiger partial charge in [-0.25, -0.2) is 0 Å². The number of benzene rings is 1. The molecule has 0 amide bonds. The van der Waals surface area contributed by atoms with E-state index < -0.39 is 0 Å². The van der Waals surface area contributed by atoms with Gasteiger partial charge in [-0.1, -0.05) is 45.9 Å². The molecule has 0 aliphatic heterocycles. The molecule has 0 atom stereocenters. The van der Waals surface area contributed by atoms with Crippen LogP contribution >= 0.6 is 36.3 Å². The molecule has 0 fully saturated rings. The highest BCUT2D eigenvalue weighted by molar-refractivity contribution is 9.70. The lowest BCUT2D eigenvalue weighted by molar-refractivity contribution is 0.846. The normalized spacial score (nSPS) is 11.8. The van der Waals surface area contributed by atoms with E-state index in [1.54, 1.807) is 0 Å². The third-order valence-electron chi connectivity index (χ3n) is 2.51. The minimum absolute atomic E-state index is 0.377. The SMILES string of the molecule is CC(C)c1cccc(C(C)C)c1P(Br)Br. The second-order valence-corrected chi connectivity index (χ2v) is 12.4. The Balaban J connectivity index is 3.35. The molecule has 0 aliphatic rings. The predicted octanol–water partition coefficient (Wildman–Crippen LogP) is 5.66. The van der Waals surface area contributed by atoms with Crippen LogP contribution in [0.5, 0.6) is 0 Å². The fourth-order valence-corrected chi connectivity index (χ4v) is 5.22. The Morgan fingerprint density at radius 3 is 1.60 bits per heavy atom. The molecule has 1 aromatic carbocycles. The van der Waals surface area contributed by atoms with E-state index in [4.69, 9.17) is 0 Å². The summed E-state index contributed by atoms with van der Waals surface area (Å²) >= 11 is 7.40. The molecule has 0 saturated heterocycles. The van der Waals surface area contributed by atoms with Crippen molar-refractivity contribution in [3.8, 4) is 0 Å². The Kier molecular flexibility index (Phi) is 5.28. The highest BCUT2D eigenvalue weighted by atomic mass is 79.9. The van der Waals surface area contributed by atoms with E-state index in [-0.39, 0.29) is 5.33 Å². The number of hydrogen-bond donors (Lipinski definition) is 0. The van der Waals surface area contributed by atoms with Crippen molar-refractivity contribution in [3.63, 3.8) is 0 Å². The summed E-state index contributed by atoms with van der Waals surface area (Å²) in [5.41, 5.74) is 2.92. The quantitative estimate of drug-likeness (QED) is 0.616. The first kappa shape index (κ1) is 13.7. The zero-order valence-corrected chi connectivity index (χ0v) is 13.7. The lowest BCUT2D eigenvalue weighted by Gasteiger charge is -2.20. The summed E-state index contributed by atoms with van der Waals surface area (Å²) in [6.45, 7) is 9.01. The van der Waals surface area contributed by atoms with E-state index in [1.807, 2.05) is 0 Å². The summed E-state index contributed by atoms with van der Waals surface area (Å²) < 4.78 is 0. The molecule has 0 saturated carbocycles. The van der Waals surface area contributed by atoms with E-state index in [0.29, 0.717) is 11.8 Å². The zero-order chi connectivity index (χ0) is 11.6. The zero-order valence-electron chi connectivity index (χ0n) is 9.59. The number of hydrogen-bond acceptors (Lipinski definition) is 0. The van der Waals surface area contributed by atoms with E-state index in [9.17, 15) is 0 Å². The van der Waals surface area contributed by atoms with Gasteiger partial charge in [0.25, 0.3) is 0 Å². The Hall–Kier alpha value is 0.610. The highest BCUT2D eigenvalue weighted by Gasteiger charge is 2.17. The topological polar surface area (TPSA) is 0 Å². The molecular weight excluding hydrogens is 335 g/mol. The lowest BCUT2D eigenvalue weighted by Crippen LogP contribution is -2.13. The summed E-state index contributed by atoms with van der Waals surface area (Å²) in [6, 6.07) is 6.65. The molecule has 15 heavy (non-hydrogen) atoms. The first-order valence-electron chi connectivity index (χ1n) is 5.19. The van der Waals surface area contributed by atoms with Crippen molar-refractivity contribution in [1.82, 2.24) is 0 Å². The molecule has 0 nitrogen and oxygen atoms in total. The van der Waals surface area contributed by atoms with Crippen LogP contribution in [0.3, 0.4) is 0 Å². The van der Waals surface area contributed by atoms with E-state index >= 15 is 0 Å². The highest BCUT2D eigenvalue weighted by Crippen LogP contribution is 2.53. The molecule has 1 rings (SSSR count). The van der Waals surface area contributed by atoms with Gasteiger partial charge in [0.15, 0.2) is 0 Å². The average Bonchev–Trinajstić information content (AvgIpc) is 2.16. The van der Waals surface area contributed by atoms with Gasteiger partial charge in [-0.15, -0.1) is 0 Å². The third kappa shape index (κ3) is 3.28. The average molecular weight is 352 g/mol. The van der Waals surface area contributed by atoms with Gasteiger partial charge >= 0.3 is 0 Å². The van der Waals surface area contributed by atoms with Crippen LogP contribution in [0.15, 0.2) is 18.2 Å². The van der Waals surface area contributed by atoms with Gasteiger partial charge in [0, 0.05) is 5.30 Å². The molecule has 0 spiro atoms. The predicted molar refractivity (Wildman–Crippen MR) is 79.0 cm³/mol. The standard InChI is InChI=1S/C12H17Br2P/c1-8(2)10-6-5-7-11(9(3)4)12(10)15(13)14/h5-9H,1-4H3. The van der Waals surface area contributed by atoms with Crippen molar-refractivity contribution < 1.29 is 0 Å². The molecule has 0 aliphatic carbocycles. The molecule has 0 unspecified atom stereocenters. The van der Waals surface area contributed by atoms with Crippen LogP contribution in [0, 0.1) is 0 Å². The summed E-state index contributed by atoms with van der Waals surface area (Å²) in [5, 5.41) is 1.09. The van der Waals surface area contributed by atoms with Crippen LogP contribution in [0.1, 0.15) is 50.7 Å². The molecule has 0 bridgehead atoms. The van der Waals surface area contributed by atoms with Crippen LogP contribution in [-0.2, 0) is 0 Å². The van der Waals surface area contributed by atoms with Crippen molar-refractivity contribution in [3.05, 3.63) is 29.3 Å². The Morgan fingerprint density at radius 1 is 0.933 bits per heavy atom. The molecular formula is C12H17Br2P. The van der Waals surface area contributed by atoms with Gasteiger partial charge in [0.2, 0.25) is 0 Å². The van der Waals surface area contributed by atoms with E-state index in [0.717, 1.165) is 0 Å². The summed E-state index contributed by atoms with van der Waals surface area (Å²) in [6.07, 6.45) is 0. The van der Waals surface area contributed by atoms with Crippen molar-refractivity contribution in [2.75, 3.05) is 0 Å². The van der Waals surface area contributed by atoms with Crippen molar-refractivity contribution in [2.45, 2.75) is 39.5 Å². The minimum atomic E-state index is -0.377. The second-order valence-electron chi connectivity index (χ2n) is 4.33. The van der Waals surface area contributed by atoms with E-state index in [2.05, 4.69) is 76.9 Å². The summed E-state index contributed by atoms with van der Waals surface area (Å²) in [5.74, 6) is 1.16. The maximum atomic E-state index is 3.70. The van der Waals surface area contributed by atoms with Gasteiger partial charge in [-0.3, -0.25) is 0 Å². The fourth-order valence-electron chi connectivity index (χ4n) is 1.71. The summed E-state index contributed by atoms with van der Waals surface area (Å²) in [7, 11) is 0. The van der Waals surface area contributed by atoms with Gasteiger partial charge in [-0.2, -0.15) is 0 Å². The first-order chi connectivity index (χ1) is 6.95. The lowest BCUT2D eigenvalue weighted by atomic mass is 9.95. The van der Waals surface area contributed by atoms with Crippen molar-refractivity contribution in [2.24, 2.45) is 0 Å². The largest absolute Gasteiger partial charge is 0.0660 e. The molecule has 0 aromatic heterocycles. The fraction of sp³-hybridized carbons (Fsp3) is 0.500. The second kappa shape index (κ2) is 5.80. The summed E-state index contributed by atoms with van der Waals surface area (Å²) in [4.78, 5) is 0. The monoisotopic (exact) mass is 350 g/mol. The van der Waals surface area contributed by atoms with Gasteiger partial charge in [0.05, 0.1) is 5.33 Å². The number of rotatable bonds is 3. The molecule has 1 aromatic rings. The maximum absolute atomic E-state index is 3.70. The molecule has 84 valence electrons. The van der Waals surface area contributed by atoms with Crippen LogP contribution in [0.25, 0.3) is 0 Å². The minimum Gasteiger partial charge on any atom is -0.0617 e. The molecule has 0 N–H and O–H groups in total.